The molecule has 0 spiro atoms. The fourth-order valence-electron chi connectivity index (χ4n) is 0.879. The lowest BCUT2D eigenvalue weighted by Gasteiger charge is -2.30. The SMILES string of the molecule is C#CCNC1CCC1F. The molecular formula is C7H10FN. The molecule has 1 aliphatic carbocycles. The lowest BCUT2D eigenvalue weighted by atomic mass is 9.91. The molecule has 9 heavy (non-hydrogen) atoms. The van der Waals surface area contributed by atoms with Crippen LogP contribution >= 0.6 is 0 Å². The van der Waals surface area contributed by atoms with E-state index in [0.717, 1.165) is 6.42 Å². The van der Waals surface area contributed by atoms with Crippen LogP contribution in [0, 0.1) is 12.3 Å². The van der Waals surface area contributed by atoms with Crippen LogP contribution in [-0.4, -0.2) is 18.8 Å². The van der Waals surface area contributed by atoms with Crippen molar-refractivity contribution in [2.45, 2.75) is 25.1 Å². The molecule has 2 atom stereocenters. The number of hydrogen-bond acceptors (Lipinski definition) is 1. The van der Waals surface area contributed by atoms with Crippen molar-refractivity contribution in [1.29, 1.82) is 0 Å². The first-order valence-electron chi connectivity index (χ1n) is 3.15. The molecule has 0 aromatic rings. The van der Waals surface area contributed by atoms with Crippen LogP contribution in [0.25, 0.3) is 0 Å². The molecule has 0 bridgehead atoms. The zero-order valence-corrected chi connectivity index (χ0v) is 5.23. The Kier molecular flexibility index (Phi) is 2.07. The largest absolute Gasteiger partial charge is 0.301 e. The van der Waals surface area contributed by atoms with Gasteiger partial charge in [-0.1, -0.05) is 5.92 Å². The number of rotatable bonds is 2. The lowest BCUT2D eigenvalue weighted by Crippen LogP contribution is -2.45. The fraction of sp³-hybridized carbons (Fsp3) is 0.714. The third-order valence-electron chi connectivity index (χ3n) is 1.66. The molecule has 1 aliphatic rings. The molecule has 0 saturated heterocycles. The standard InChI is InChI=1S/C7H10FN/c1-2-5-9-7-4-3-6(7)8/h1,6-7,9H,3-5H2. The van der Waals surface area contributed by atoms with Gasteiger partial charge in [-0.3, -0.25) is 0 Å². The highest BCUT2D eigenvalue weighted by atomic mass is 19.1. The van der Waals surface area contributed by atoms with E-state index >= 15 is 0 Å². The average Bonchev–Trinajstić information content (AvgIpc) is 1.86. The third kappa shape index (κ3) is 1.43. The summed E-state index contributed by atoms with van der Waals surface area (Å²) in [6, 6.07) is 0.0426. The van der Waals surface area contributed by atoms with Crippen LogP contribution in [0.3, 0.4) is 0 Å². The summed E-state index contributed by atoms with van der Waals surface area (Å²) in [5, 5.41) is 2.91. The highest BCUT2D eigenvalue weighted by molar-refractivity contribution is 4.93. The highest BCUT2D eigenvalue weighted by Gasteiger charge is 2.29. The average molecular weight is 127 g/mol. The topological polar surface area (TPSA) is 12.0 Å². The lowest BCUT2D eigenvalue weighted by molar-refractivity contribution is 0.146. The quantitative estimate of drug-likeness (QED) is 0.539. The molecule has 1 fully saturated rings. The summed E-state index contributed by atoms with van der Waals surface area (Å²) in [5.74, 6) is 2.41. The Morgan fingerprint density at radius 2 is 2.44 bits per heavy atom. The van der Waals surface area contributed by atoms with E-state index in [-0.39, 0.29) is 6.04 Å². The zero-order chi connectivity index (χ0) is 6.69. The monoisotopic (exact) mass is 127 g/mol. The summed E-state index contributed by atoms with van der Waals surface area (Å²) in [6.07, 6.45) is 5.94. The molecular weight excluding hydrogens is 117 g/mol. The van der Waals surface area contributed by atoms with E-state index in [1.54, 1.807) is 0 Å². The number of hydrogen-bond donors (Lipinski definition) is 1. The third-order valence-corrected chi connectivity index (χ3v) is 1.66. The summed E-state index contributed by atoms with van der Waals surface area (Å²) >= 11 is 0. The van der Waals surface area contributed by atoms with Gasteiger partial charge in [0, 0.05) is 6.04 Å². The number of nitrogens with one attached hydrogen (secondary N) is 1. The van der Waals surface area contributed by atoms with Crippen LogP contribution in [0.15, 0.2) is 0 Å². The van der Waals surface area contributed by atoms with E-state index in [9.17, 15) is 4.39 Å². The van der Waals surface area contributed by atoms with Crippen LogP contribution in [0.1, 0.15) is 12.8 Å². The predicted molar refractivity (Wildman–Crippen MR) is 34.8 cm³/mol. The molecule has 0 aromatic heterocycles. The van der Waals surface area contributed by atoms with Crippen molar-refractivity contribution in [3.05, 3.63) is 0 Å². The number of alkyl halides is 1. The molecule has 1 rings (SSSR count). The zero-order valence-electron chi connectivity index (χ0n) is 5.23. The first kappa shape index (κ1) is 6.57. The van der Waals surface area contributed by atoms with Gasteiger partial charge in [0.2, 0.25) is 0 Å². The Bertz CT molecular complexity index is 127. The smallest absolute Gasteiger partial charge is 0.115 e. The Hall–Kier alpha value is -0.550. The van der Waals surface area contributed by atoms with Crippen molar-refractivity contribution in [2.24, 2.45) is 0 Å². The van der Waals surface area contributed by atoms with Gasteiger partial charge in [-0.15, -0.1) is 6.42 Å². The minimum Gasteiger partial charge on any atom is -0.301 e. The van der Waals surface area contributed by atoms with Crippen molar-refractivity contribution in [3.8, 4) is 12.3 Å². The maximum atomic E-state index is 12.4. The van der Waals surface area contributed by atoms with Crippen LogP contribution in [-0.2, 0) is 0 Å². The van der Waals surface area contributed by atoms with Crippen molar-refractivity contribution in [3.63, 3.8) is 0 Å². The fourth-order valence-corrected chi connectivity index (χ4v) is 0.879. The van der Waals surface area contributed by atoms with Crippen LogP contribution in [0.5, 0.6) is 0 Å². The van der Waals surface area contributed by atoms with E-state index in [4.69, 9.17) is 6.42 Å². The van der Waals surface area contributed by atoms with Crippen LogP contribution in [0.4, 0.5) is 4.39 Å². The summed E-state index contributed by atoms with van der Waals surface area (Å²) in [6.45, 7) is 0.491. The Morgan fingerprint density at radius 1 is 1.67 bits per heavy atom. The second kappa shape index (κ2) is 2.84. The maximum absolute atomic E-state index is 12.4. The molecule has 2 unspecified atom stereocenters. The minimum atomic E-state index is -0.654. The molecule has 0 aliphatic heterocycles. The number of terminal acetylenes is 1. The molecule has 2 heteroatoms. The maximum Gasteiger partial charge on any atom is 0.115 e. The first-order valence-corrected chi connectivity index (χ1v) is 3.15. The van der Waals surface area contributed by atoms with Gasteiger partial charge in [-0.25, -0.2) is 4.39 Å². The Labute approximate surface area is 54.6 Å². The van der Waals surface area contributed by atoms with Gasteiger partial charge in [0.15, 0.2) is 0 Å². The molecule has 0 radical (unpaired) electrons. The Balaban J connectivity index is 2.08. The molecule has 0 amide bonds. The van der Waals surface area contributed by atoms with Gasteiger partial charge in [-0.2, -0.15) is 0 Å². The predicted octanol–water partition coefficient (Wildman–Crippen LogP) is 0.710. The second-order valence-electron chi connectivity index (χ2n) is 2.28. The summed E-state index contributed by atoms with van der Waals surface area (Å²) < 4.78 is 12.4. The minimum absolute atomic E-state index is 0.0426. The molecule has 0 aromatic carbocycles. The van der Waals surface area contributed by atoms with Gasteiger partial charge in [-0.05, 0) is 12.8 Å². The van der Waals surface area contributed by atoms with E-state index in [1.807, 2.05) is 0 Å². The van der Waals surface area contributed by atoms with E-state index < -0.39 is 6.17 Å². The van der Waals surface area contributed by atoms with Crippen molar-refractivity contribution in [2.75, 3.05) is 6.54 Å². The van der Waals surface area contributed by atoms with Gasteiger partial charge in [0.05, 0.1) is 6.54 Å². The molecule has 1 saturated carbocycles. The van der Waals surface area contributed by atoms with Crippen LogP contribution in [0.2, 0.25) is 0 Å². The van der Waals surface area contributed by atoms with Crippen molar-refractivity contribution >= 4 is 0 Å². The summed E-state index contributed by atoms with van der Waals surface area (Å²) in [4.78, 5) is 0. The summed E-state index contributed by atoms with van der Waals surface area (Å²) in [5.41, 5.74) is 0. The molecule has 1 nitrogen and oxygen atoms in total. The van der Waals surface area contributed by atoms with Gasteiger partial charge in [0.25, 0.3) is 0 Å². The van der Waals surface area contributed by atoms with E-state index in [0.29, 0.717) is 13.0 Å². The van der Waals surface area contributed by atoms with Crippen molar-refractivity contribution in [1.82, 2.24) is 5.32 Å². The molecule has 1 N–H and O–H groups in total. The number of halogens is 1. The second-order valence-corrected chi connectivity index (χ2v) is 2.28. The van der Waals surface area contributed by atoms with Gasteiger partial charge >= 0.3 is 0 Å². The highest BCUT2D eigenvalue weighted by Crippen LogP contribution is 2.22. The van der Waals surface area contributed by atoms with E-state index in [2.05, 4.69) is 11.2 Å². The van der Waals surface area contributed by atoms with Crippen LogP contribution < -0.4 is 5.32 Å². The molecule has 0 heterocycles. The normalized spacial score (nSPS) is 32.9. The summed E-state index contributed by atoms with van der Waals surface area (Å²) in [7, 11) is 0. The Morgan fingerprint density at radius 3 is 2.78 bits per heavy atom. The van der Waals surface area contributed by atoms with Gasteiger partial charge < -0.3 is 5.32 Å². The molecule has 50 valence electrons. The first-order chi connectivity index (χ1) is 4.34. The van der Waals surface area contributed by atoms with Gasteiger partial charge in [0.1, 0.15) is 6.17 Å². The van der Waals surface area contributed by atoms with Crippen molar-refractivity contribution < 1.29 is 4.39 Å². The van der Waals surface area contributed by atoms with E-state index in [1.165, 1.54) is 0 Å².